The van der Waals surface area contributed by atoms with E-state index < -0.39 is 0 Å². The van der Waals surface area contributed by atoms with Crippen LogP contribution < -0.4 is 0 Å². The quantitative estimate of drug-likeness (QED) is 0.316. The van der Waals surface area contributed by atoms with Crippen molar-refractivity contribution in [1.82, 2.24) is 0 Å². The van der Waals surface area contributed by atoms with Crippen LogP contribution in [0.2, 0.25) is 0 Å². The molecule has 0 atom stereocenters. The Morgan fingerprint density at radius 3 is 1.29 bits per heavy atom. The topological polar surface area (TPSA) is 0 Å². The van der Waals surface area contributed by atoms with E-state index in [4.69, 9.17) is 0 Å². The molecule has 0 saturated carbocycles. The second-order valence-electron chi connectivity index (χ2n) is 1.65. The Morgan fingerprint density at radius 1 is 0.929 bits per heavy atom. The van der Waals surface area contributed by atoms with E-state index in [9.17, 15) is 0 Å². The Labute approximate surface area is 162 Å². The molecule has 0 aromatic carbocycles. The van der Waals surface area contributed by atoms with Crippen LogP contribution in [0, 0.1) is 0 Å². The zero-order valence-corrected chi connectivity index (χ0v) is 24.9. The Hall–Kier alpha value is 3.22. The molecular weight excluding hydrogens is 1200 g/mol. The van der Waals surface area contributed by atoms with Gasteiger partial charge in [-0.25, -0.2) is 0 Å². The molecule has 0 bridgehead atoms. The molecule has 0 unspecified atom stereocenters. The molecular formula is C8H7W6-. The van der Waals surface area contributed by atoms with Crippen molar-refractivity contribution in [2.45, 2.75) is 6.92 Å². The molecule has 0 radical (unpaired) electrons. The minimum atomic E-state index is 0. The zero-order chi connectivity index (χ0) is 8.69. The van der Waals surface area contributed by atoms with Crippen molar-refractivity contribution in [2.75, 3.05) is 0 Å². The van der Waals surface area contributed by atoms with Gasteiger partial charge in [-0.2, -0.15) is 0 Å². The Morgan fingerprint density at radius 2 is 1.14 bits per heavy atom. The van der Waals surface area contributed by atoms with Gasteiger partial charge in [0.05, 0.1) is 0 Å². The minimum absolute atomic E-state index is 0. The van der Waals surface area contributed by atoms with Crippen LogP contribution >= 0.6 is 0 Å². The van der Waals surface area contributed by atoms with E-state index in [1.807, 2.05) is 6.92 Å². The molecule has 0 aliphatic heterocycles. The first-order chi connectivity index (χ1) is 5.22. The van der Waals surface area contributed by atoms with Gasteiger partial charge in [0.25, 0.3) is 0 Å². The van der Waals surface area contributed by atoms with Crippen molar-refractivity contribution in [3.8, 4) is 0 Å². The second-order valence-corrected chi connectivity index (χ2v) is 6.28. The van der Waals surface area contributed by atoms with Crippen LogP contribution in [0.3, 0.4) is 0 Å². The molecule has 0 heterocycles. The van der Waals surface area contributed by atoms with Crippen molar-refractivity contribution in [1.29, 1.82) is 0 Å². The summed E-state index contributed by atoms with van der Waals surface area (Å²) in [5.74, 6) is 0. The van der Waals surface area contributed by atoms with Gasteiger partial charge in [-0.3, -0.25) is 0 Å². The number of rotatable bonds is 0. The van der Waals surface area contributed by atoms with Crippen LogP contribution in [0.5, 0.6) is 0 Å². The van der Waals surface area contributed by atoms with Crippen molar-refractivity contribution < 1.29 is 121 Å². The van der Waals surface area contributed by atoms with Crippen LogP contribution in [0.15, 0.2) is 24.3 Å². The number of allylic oxidation sites excluding steroid dienone is 4. The molecule has 1 aliphatic rings. The summed E-state index contributed by atoms with van der Waals surface area (Å²) in [6, 6.07) is 0. The molecule has 0 saturated heterocycles. The summed E-state index contributed by atoms with van der Waals surface area (Å²) >= 11 is 4.57. The van der Waals surface area contributed by atoms with Gasteiger partial charge in [0.15, 0.2) is 0 Å². The summed E-state index contributed by atoms with van der Waals surface area (Å²) in [4.78, 5) is 0. The standard InChI is InChI=1S/C6H4.C2H3.6W/c1-2-4-6-5-3-1;1-2;;;;;;/h1-4H;1H3;;;;;;/q;-1;;;;;;. The molecule has 1 aliphatic carbocycles. The van der Waals surface area contributed by atoms with E-state index in [1.54, 1.807) is 38.7 Å². The summed E-state index contributed by atoms with van der Waals surface area (Å²) in [6.45, 7) is 1.91. The fourth-order valence-electron chi connectivity index (χ4n) is 0.450. The summed E-state index contributed by atoms with van der Waals surface area (Å²) in [5, 5.41) is 0. The number of hydrogen-bond donors (Lipinski definition) is 0. The molecule has 0 aromatic rings. The third-order valence-electron chi connectivity index (χ3n) is 0.849. The van der Waals surface area contributed by atoms with E-state index in [0.29, 0.717) is 0 Å². The molecule has 0 nitrogen and oxygen atoms in total. The molecule has 0 N–H and O–H groups in total. The monoisotopic (exact) mass is 1210 g/mol. The van der Waals surface area contributed by atoms with Crippen LogP contribution in [0.1, 0.15) is 6.92 Å². The molecule has 0 fully saturated rings. The van der Waals surface area contributed by atoms with E-state index in [1.165, 1.54) is 27.1 Å². The predicted octanol–water partition coefficient (Wildman–Crippen LogP) is 0.776. The van der Waals surface area contributed by atoms with Gasteiger partial charge < -0.3 is 0 Å². The van der Waals surface area contributed by atoms with E-state index in [0.717, 1.165) is 0 Å². The second kappa shape index (κ2) is 18.6. The summed E-state index contributed by atoms with van der Waals surface area (Å²) in [5.41, 5.74) is 0. The maximum absolute atomic E-state index is 2.83. The Balaban J connectivity index is -0.0000000758. The van der Waals surface area contributed by atoms with E-state index >= 15 is 0 Å². The number of hydrogen-bond acceptors (Lipinski definition) is 0. The van der Waals surface area contributed by atoms with Gasteiger partial charge in [-0.15, -0.1) is 0 Å². The Kier molecular flexibility index (Phi) is 34.4. The first kappa shape index (κ1) is 25.9. The van der Waals surface area contributed by atoms with Gasteiger partial charge in [-0.1, -0.05) is 0 Å². The van der Waals surface area contributed by atoms with Crippen molar-refractivity contribution in [3.63, 3.8) is 0 Å². The van der Waals surface area contributed by atoms with Crippen LogP contribution in [-0.2, 0) is 121 Å². The average molecular weight is 1210 g/mol. The Bertz CT molecular complexity index is 206. The zero-order valence-electron chi connectivity index (χ0n) is 7.26. The predicted molar refractivity (Wildman–Crippen MR) is 39.0 cm³/mol. The molecule has 1 rings (SSSR count). The third-order valence-corrected chi connectivity index (χ3v) is 5.42. The molecule has 0 amide bonds. The fraction of sp³-hybridized carbons (Fsp3) is 0.125. The normalized spacial score (nSPS) is 10.9. The summed E-state index contributed by atoms with van der Waals surface area (Å²) in [6.07, 6.45) is 8.54. The van der Waals surface area contributed by atoms with Crippen molar-refractivity contribution >= 4 is 12.2 Å². The van der Waals surface area contributed by atoms with Gasteiger partial charge in [0, 0.05) is 63.2 Å². The van der Waals surface area contributed by atoms with Gasteiger partial charge in [0.1, 0.15) is 0 Å². The maximum atomic E-state index is 2.83. The van der Waals surface area contributed by atoms with Crippen LogP contribution in [0.25, 0.3) is 0 Å². The van der Waals surface area contributed by atoms with Crippen LogP contribution in [0.4, 0.5) is 0 Å². The van der Waals surface area contributed by atoms with Crippen LogP contribution in [-0.4, -0.2) is 12.2 Å². The van der Waals surface area contributed by atoms with E-state index in [-0.39, 0.29) is 63.2 Å². The molecule has 14 heavy (non-hydrogen) atoms. The SMILES string of the molecule is C[C-]=[W].[W].[W].[W].[W]=[C]1C=CC=C[C]1=[W]. The molecule has 6 heteroatoms. The van der Waals surface area contributed by atoms with E-state index in [2.05, 4.69) is 28.7 Å². The molecule has 0 spiro atoms. The van der Waals surface area contributed by atoms with Gasteiger partial charge >= 0.3 is 101 Å². The van der Waals surface area contributed by atoms with Gasteiger partial charge in [-0.05, 0) is 0 Å². The third kappa shape index (κ3) is 15.2. The first-order valence-corrected chi connectivity index (χ1v) is 7.34. The van der Waals surface area contributed by atoms with Gasteiger partial charge in [0.2, 0.25) is 0 Å². The summed E-state index contributed by atoms with van der Waals surface area (Å²) in [7, 11) is 0. The summed E-state index contributed by atoms with van der Waals surface area (Å²) < 4.78 is 5.81. The van der Waals surface area contributed by atoms with Crippen molar-refractivity contribution in [2.24, 2.45) is 0 Å². The molecule has 0 aromatic heterocycles. The van der Waals surface area contributed by atoms with Crippen molar-refractivity contribution in [3.05, 3.63) is 24.3 Å². The fourth-order valence-corrected chi connectivity index (χ4v) is 1.50. The molecule has 76 valence electrons. The first-order valence-electron chi connectivity index (χ1n) is 2.94. The average Bonchev–Trinajstić information content (AvgIpc) is 1.97.